The quantitative estimate of drug-likeness (QED) is 0.636. The predicted octanol–water partition coefficient (Wildman–Crippen LogP) is -0.231. The Morgan fingerprint density at radius 3 is 2.52 bits per heavy atom. The fraction of sp³-hybridized carbons (Fsp3) is 1.00. The average molecular weight is 349 g/mol. The lowest BCUT2D eigenvalue weighted by atomic mass is 9.98. The zero-order valence-corrected chi connectivity index (χ0v) is 15.6. The summed E-state index contributed by atoms with van der Waals surface area (Å²) in [6.07, 6.45) is 2.24. The molecule has 2 saturated heterocycles. The molecule has 2 aliphatic heterocycles. The maximum absolute atomic E-state index is 12.7. The third-order valence-electron chi connectivity index (χ3n) is 4.91. The molecular weight excluding hydrogens is 316 g/mol. The van der Waals surface area contributed by atoms with Crippen LogP contribution in [-0.4, -0.2) is 107 Å². The Balaban J connectivity index is 1.86. The second-order valence-corrected chi connectivity index (χ2v) is 8.83. The smallest absolute Gasteiger partial charge is 0.281 e. The molecule has 7 nitrogen and oxygen atoms in total. The third kappa shape index (κ3) is 5.37. The van der Waals surface area contributed by atoms with Crippen LogP contribution in [0.25, 0.3) is 0 Å². The number of hydrogen-bond donors (Lipinski definition) is 0. The summed E-state index contributed by atoms with van der Waals surface area (Å²) in [7, 11) is 2.15. The molecule has 2 heterocycles. The van der Waals surface area contributed by atoms with E-state index in [1.165, 1.54) is 0 Å². The summed E-state index contributed by atoms with van der Waals surface area (Å²) in [5.41, 5.74) is 0. The number of likely N-dealkylation sites (tertiary alicyclic amines) is 1. The molecule has 2 aliphatic rings. The SMILES string of the molecule is COCCN1CCCC(CN(C)S(=O)(=O)N2CCN(C)CC2)C1. The van der Waals surface area contributed by atoms with E-state index in [-0.39, 0.29) is 0 Å². The van der Waals surface area contributed by atoms with Crippen molar-refractivity contribution in [1.82, 2.24) is 18.4 Å². The summed E-state index contributed by atoms with van der Waals surface area (Å²) in [5, 5.41) is 0. The van der Waals surface area contributed by atoms with Crippen molar-refractivity contribution in [3.05, 3.63) is 0 Å². The fourth-order valence-electron chi connectivity index (χ4n) is 3.40. The number of likely N-dealkylation sites (N-methyl/N-ethyl adjacent to an activating group) is 1. The van der Waals surface area contributed by atoms with E-state index in [4.69, 9.17) is 4.74 Å². The second-order valence-electron chi connectivity index (χ2n) is 6.79. The Morgan fingerprint density at radius 1 is 1.17 bits per heavy atom. The second kappa shape index (κ2) is 8.73. The maximum Gasteiger partial charge on any atom is 0.281 e. The van der Waals surface area contributed by atoms with Crippen LogP contribution in [0.15, 0.2) is 0 Å². The largest absolute Gasteiger partial charge is 0.383 e. The van der Waals surface area contributed by atoms with Gasteiger partial charge in [-0.25, -0.2) is 0 Å². The van der Waals surface area contributed by atoms with Gasteiger partial charge in [-0.3, -0.25) is 0 Å². The molecule has 8 heteroatoms. The molecule has 0 aromatic rings. The first-order chi connectivity index (χ1) is 10.9. The summed E-state index contributed by atoms with van der Waals surface area (Å²) in [6.45, 7) is 7.13. The van der Waals surface area contributed by atoms with E-state index < -0.39 is 10.2 Å². The number of hydrogen-bond acceptors (Lipinski definition) is 5. The normalized spacial score (nSPS) is 26.0. The van der Waals surface area contributed by atoms with Gasteiger partial charge in [0.25, 0.3) is 10.2 Å². The van der Waals surface area contributed by atoms with Crippen LogP contribution >= 0.6 is 0 Å². The van der Waals surface area contributed by atoms with Crippen molar-refractivity contribution in [3.8, 4) is 0 Å². The molecule has 0 radical (unpaired) electrons. The van der Waals surface area contributed by atoms with E-state index in [9.17, 15) is 8.42 Å². The Bertz CT molecular complexity index is 452. The number of rotatable bonds is 7. The predicted molar refractivity (Wildman–Crippen MR) is 91.7 cm³/mol. The van der Waals surface area contributed by atoms with Crippen molar-refractivity contribution in [2.24, 2.45) is 5.92 Å². The minimum atomic E-state index is -3.32. The molecule has 2 fully saturated rings. The van der Waals surface area contributed by atoms with Crippen molar-refractivity contribution in [2.45, 2.75) is 12.8 Å². The fourth-order valence-corrected chi connectivity index (χ4v) is 4.82. The van der Waals surface area contributed by atoms with Gasteiger partial charge in [-0.15, -0.1) is 0 Å². The molecule has 0 aliphatic carbocycles. The summed E-state index contributed by atoms with van der Waals surface area (Å²) < 4.78 is 33.8. The van der Waals surface area contributed by atoms with Crippen LogP contribution in [0.2, 0.25) is 0 Å². The maximum atomic E-state index is 12.7. The first-order valence-electron chi connectivity index (χ1n) is 8.54. The van der Waals surface area contributed by atoms with Gasteiger partial charge in [0.2, 0.25) is 0 Å². The Morgan fingerprint density at radius 2 is 1.87 bits per heavy atom. The van der Waals surface area contributed by atoms with E-state index >= 15 is 0 Å². The van der Waals surface area contributed by atoms with Crippen molar-refractivity contribution in [3.63, 3.8) is 0 Å². The lowest BCUT2D eigenvalue weighted by Crippen LogP contribution is -2.52. The highest BCUT2D eigenvalue weighted by atomic mass is 32.2. The van der Waals surface area contributed by atoms with Gasteiger partial charge in [0.1, 0.15) is 0 Å². The standard InChI is InChI=1S/C15H32N4O3S/c1-16-7-9-19(10-8-16)23(20,21)17(2)13-15-5-4-6-18(14-15)11-12-22-3/h15H,4-14H2,1-3H3. The average Bonchev–Trinajstić information content (AvgIpc) is 2.53. The first-order valence-corrected chi connectivity index (χ1v) is 9.94. The molecule has 0 amide bonds. The zero-order valence-electron chi connectivity index (χ0n) is 14.8. The molecular formula is C15H32N4O3S. The van der Waals surface area contributed by atoms with E-state index in [2.05, 4.69) is 9.80 Å². The van der Waals surface area contributed by atoms with E-state index in [1.54, 1.807) is 22.8 Å². The minimum absolute atomic E-state index is 0.410. The molecule has 0 aromatic heterocycles. The van der Waals surface area contributed by atoms with Gasteiger partial charge in [0.15, 0.2) is 0 Å². The lowest BCUT2D eigenvalue weighted by Gasteiger charge is -2.37. The molecule has 0 N–H and O–H groups in total. The third-order valence-corrected chi connectivity index (χ3v) is 6.87. The highest BCUT2D eigenvalue weighted by molar-refractivity contribution is 7.86. The van der Waals surface area contributed by atoms with Crippen LogP contribution in [0.3, 0.4) is 0 Å². The highest BCUT2D eigenvalue weighted by Gasteiger charge is 2.31. The molecule has 1 atom stereocenters. The molecule has 0 bridgehead atoms. The van der Waals surface area contributed by atoms with Crippen LogP contribution in [0.5, 0.6) is 0 Å². The first kappa shape index (κ1) is 19.1. The Hall–Kier alpha value is -0.250. The van der Waals surface area contributed by atoms with Crippen LogP contribution in [-0.2, 0) is 14.9 Å². The van der Waals surface area contributed by atoms with Gasteiger partial charge in [-0.05, 0) is 32.4 Å². The Labute approximate surface area is 141 Å². The molecule has 1 unspecified atom stereocenters. The van der Waals surface area contributed by atoms with Gasteiger partial charge in [0.05, 0.1) is 6.61 Å². The molecule has 0 saturated carbocycles. The molecule has 136 valence electrons. The molecule has 2 rings (SSSR count). The van der Waals surface area contributed by atoms with Crippen LogP contribution in [0.1, 0.15) is 12.8 Å². The van der Waals surface area contributed by atoms with Crippen molar-refractivity contribution < 1.29 is 13.2 Å². The summed E-state index contributed by atoms with van der Waals surface area (Å²) in [6, 6.07) is 0. The van der Waals surface area contributed by atoms with Crippen molar-refractivity contribution in [1.29, 1.82) is 0 Å². The minimum Gasteiger partial charge on any atom is -0.383 e. The van der Waals surface area contributed by atoms with Gasteiger partial charge >= 0.3 is 0 Å². The molecule has 0 spiro atoms. The van der Waals surface area contributed by atoms with Gasteiger partial charge in [0, 0.05) is 60.0 Å². The summed E-state index contributed by atoms with van der Waals surface area (Å²) in [4.78, 5) is 4.55. The van der Waals surface area contributed by atoms with Crippen molar-refractivity contribution in [2.75, 3.05) is 80.2 Å². The zero-order chi connectivity index (χ0) is 16.9. The van der Waals surface area contributed by atoms with Gasteiger partial charge in [-0.1, -0.05) is 0 Å². The number of piperidine rings is 1. The number of ether oxygens (including phenoxy) is 1. The Kier molecular flexibility index (Phi) is 7.24. The summed E-state index contributed by atoms with van der Waals surface area (Å²) >= 11 is 0. The topological polar surface area (TPSA) is 56.3 Å². The van der Waals surface area contributed by atoms with Crippen LogP contribution < -0.4 is 0 Å². The van der Waals surface area contributed by atoms with Crippen LogP contribution in [0, 0.1) is 5.92 Å². The van der Waals surface area contributed by atoms with Gasteiger partial charge in [-0.2, -0.15) is 17.0 Å². The van der Waals surface area contributed by atoms with E-state index in [0.717, 1.165) is 52.2 Å². The van der Waals surface area contributed by atoms with E-state index in [1.807, 2.05) is 7.05 Å². The number of piperazine rings is 1. The number of nitrogens with zero attached hydrogens (tertiary/aromatic N) is 4. The molecule has 0 aromatic carbocycles. The number of methoxy groups -OCH3 is 1. The lowest BCUT2D eigenvalue weighted by molar-refractivity contribution is 0.109. The van der Waals surface area contributed by atoms with E-state index in [0.29, 0.717) is 25.6 Å². The van der Waals surface area contributed by atoms with Crippen LogP contribution in [0.4, 0.5) is 0 Å². The molecule has 23 heavy (non-hydrogen) atoms. The monoisotopic (exact) mass is 348 g/mol. The van der Waals surface area contributed by atoms with Gasteiger partial charge < -0.3 is 14.5 Å². The summed E-state index contributed by atoms with van der Waals surface area (Å²) in [5.74, 6) is 0.410. The van der Waals surface area contributed by atoms with Crippen molar-refractivity contribution >= 4 is 10.2 Å². The highest BCUT2D eigenvalue weighted by Crippen LogP contribution is 2.19.